The number of aromatic nitrogens is 1. The summed E-state index contributed by atoms with van der Waals surface area (Å²) in [6.07, 6.45) is 0. The summed E-state index contributed by atoms with van der Waals surface area (Å²) in [4.78, 5) is 2.40. The van der Waals surface area contributed by atoms with Crippen LogP contribution in [0.1, 0.15) is 0 Å². The number of rotatable bonds is 6. The van der Waals surface area contributed by atoms with Crippen LogP contribution in [-0.4, -0.2) is 4.57 Å². The van der Waals surface area contributed by atoms with E-state index in [0.29, 0.717) is 0 Å². The zero-order valence-electron chi connectivity index (χ0n) is 29.9. The van der Waals surface area contributed by atoms with Crippen LogP contribution in [-0.2, 0) is 0 Å². The Balaban J connectivity index is 1.20. The van der Waals surface area contributed by atoms with Crippen molar-refractivity contribution in [1.29, 1.82) is 0 Å². The second kappa shape index (κ2) is 12.6. The van der Waals surface area contributed by atoms with Crippen molar-refractivity contribution < 1.29 is 4.42 Å². The Morgan fingerprint density at radius 3 is 1.80 bits per heavy atom. The Hall–Kier alpha value is -7.36. The molecule has 55 heavy (non-hydrogen) atoms. The maximum absolute atomic E-state index is 6.42. The molecule has 0 aliphatic rings. The van der Waals surface area contributed by atoms with E-state index in [1.54, 1.807) is 0 Å². The number of nitrogens with zero attached hydrogens (tertiary/aromatic N) is 2. The number of hydrogen-bond acceptors (Lipinski definition) is 2. The summed E-state index contributed by atoms with van der Waals surface area (Å²) in [7, 11) is 0. The van der Waals surface area contributed by atoms with Crippen molar-refractivity contribution in [3.8, 4) is 27.9 Å². The van der Waals surface area contributed by atoms with Gasteiger partial charge >= 0.3 is 0 Å². The maximum Gasteiger partial charge on any atom is 0.137 e. The highest BCUT2D eigenvalue weighted by atomic mass is 16.3. The van der Waals surface area contributed by atoms with Crippen LogP contribution in [0.5, 0.6) is 0 Å². The molecule has 2 heterocycles. The summed E-state index contributed by atoms with van der Waals surface area (Å²) in [5.74, 6) is 0. The Kier molecular flexibility index (Phi) is 7.17. The number of fused-ring (bicyclic) bond motifs is 7. The smallest absolute Gasteiger partial charge is 0.137 e. The molecule has 0 bridgehead atoms. The lowest BCUT2D eigenvalue weighted by molar-refractivity contribution is 0.669. The van der Waals surface area contributed by atoms with Crippen LogP contribution >= 0.6 is 0 Å². The highest BCUT2D eigenvalue weighted by Gasteiger charge is 2.23. The van der Waals surface area contributed by atoms with Gasteiger partial charge in [0.1, 0.15) is 11.2 Å². The molecule has 11 rings (SSSR count). The Morgan fingerprint density at radius 2 is 1.00 bits per heavy atom. The van der Waals surface area contributed by atoms with E-state index in [0.717, 1.165) is 50.3 Å². The molecular formula is C52H34N2O. The van der Waals surface area contributed by atoms with Gasteiger partial charge in [-0.2, -0.15) is 0 Å². The minimum absolute atomic E-state index is 0.870. The first kappa shape index (κ1) is 31.2. The van der Waals surface area contributed by atoms with Gasteiger partial charge in [-0.1, -0.05) is 146 Å². The van der Waals surface area contributed by atoms with E-state index >= 15 is 0 Å². The average Bonchev–Trinajstić information content (AvgIpc) is 3.81. The predicted molar refractivity (Wildman–Crippen MR) is 231 cm³/mol. The van der Waals surface area contributed by atoms with Crippen molar-refractivity contribution in [2.75, 3.05) is 4.90 Å². The summed E-state index contributed by atoms with van der Waals surface area (Å²) in [6.45, 7) is 0. The quantitative estimate of drug-likeness (QED) is 0.172. The Bertz CT molecular complexity index is 3190. The lowest BCUT2D eigenvalue weighted by atomic mass is 9.94. The molecule has 0 unspecified atom stereocenters. The summed E-state index contributed by atoms with van der Waals surface area (Å²) in [6, 6.07) is 73.9. The standard InChI is InChI=1S/C52H34N2O/c1-4-16-35(17-5-1)40-26-14-28-45-51(40)42-33-32-37(34-47(42)54(45)39-22-8-3-9-23-39)41-25-12-18-36-19-13-27-44(50(36)41)53(38-20-6-2-7-21-38)46-29-15-31-49-52(46)43-24-10-11-30-48(43)55-49/h1-34H. The minimum Gasteiger partial charge on any atom is -0.456 e. The molecule has 3 heteroatoms. The number of para-hydroxylation sites is 3. The van der Waals surface area contributed by atoms with Gasteiger partial charge in [0.15, 0.2) is 0 Å². The van der Waals surface area contributed by atoms with Gasteiger partial charge < -0.3 is 13.9 Å². The van der Waals surface area contributed by atoms with E-state index in [2.05, 4.69) is 210 Å². The lowest BCUT2D eigenvalue weighted by Crippen LogP contribution is -2.11. The molecule has 11 aromatic rings. The molecule has 0 saturated carbocycles. The van der Waals surface area contributed by atoms with E-state index in [-0.39, 0.29) is 0 Å². The van der Waals surface area contributed by atoms with Crippen LogP contribution in [0, 0.1) is 0 Å². The maximum atomic E-state index is 6.42. The topological polar surface area (TPSA) is 21.3 Å². The lowest BCUT2D eigenvalue weighted by Gasteiger charge is -2.28. The first-order chi connectivity index (χ1) is 27.3. The molecule has 258 valence electrons. The van der Waals surface area contributed by atoms with Crippen molar-refractivity contribution in [3.05, 3.63) is 206 Å². The normalized spacial score (nSPS) is 11.6. The SMILES string of the molecule is c1ccc(-c2cccc3c2c2ccc(-c4cccc5cccc(N(c6ccccc6)c6cccc7oc8ccccc8c67)c45)cc2n3-c2ccccc2)cc1. The minimum atomic E-state index is 0.870. The van der Waals surface area contributed by atoms with Crippen LogP contribution in [0.15, 0.2) is 211 Å². The van der Waals surface area contributed by atoms with Crippen molar-refractivity contribution in [3.63, 3.8) is 0 Å². The molecule has 2 aromatic heterocycles. The van der Waals surface area contributed by atoms with Gasteiger partial charge in [0.25, 0.3) is 0 Å². The molecule has 0 aliphatic carbocycles. The van der Waals surface area contributed by atoms with Crippen LogP contribution in [0.3, 0.4) is 0 Å². The fourth-order valence-corrected chi connectivity index (χ4v) is 8.62. The molecule has 9 aromatic carbocycles. The number of anilines is 3. The third kappa shape index (κ3) is 4.98. The van der Waals surface area contributed by atoms with E-state index in [4.69, 9.17) is 4.42 Å². The Labute approximate surface area is 318 Å². The number of furan rings is 1. The number of hydrogen-bond donors (Lipinski definition) is 0. The van der Waals surface area contributed by atoms with Crippen LogP contribution in [0.25, 0.3) is 82.5 Å². The van der Waals surface area contributed by atoms with E-state index in [1.165, 1.54) is 49.3 Å². The molecule has 0 fully saturated rings. The summed E-state index contributed by atoms with van der Waals surface area (Å²) in [5, 5.41) is 7.05. The molecule has 0 N–H and O–H groups in total. The molecule has 0 radical (unpaired) electrons. The Morgan fingerprint density at radius 1 is 0.382 bits per heavy atom. The van der Waals surface area contributed by atoms with Gasteiger partial charge in [0.2, 0.25) is 0 Å². The van der Waals surface area contributed by atoms with E-state index in [9.17, 15) is 0 Å². The second-order valence-corrected chi connectivity index (χ2v) is 14.1. The van der Waals surface area contributed by atoms with E-state index < -0.39 is 0 Å². The fourth-order valence-electron chi connectivity index (χ4n) is 8.62. The van der Waals surface area contributed by atoms with Crippen molar-refractivity contribution in [1.82, 2.24) is 4.57 Å². The largest absolute Gasteiger partial charge is 0.456 e. The van der Waals surface area contributed by atoms with Gasteiger partial charge in [0.05, 0.1) is 27.8 Å². The van der Waals surface area contributed by atoms with E-state index in [1.807, 2.05) is 6.07 Å². The average molecular weight is 703 g/mol. The molecule has 0 amide bonds. The fraction of sp³-hybridized carbons (Fsp3) is 0. The highest BCUT2D eigenvalue weighted by molar-refractivity contribution is 6.18. The second-order valence-electron chi connectivity index (χ2n) is 14.1. The third-order valence-electron chi connectivity index (χ3n) is 11.0. The van der Waals surface area contributed by atoms with Gasteiger partial charge in [0, 0.05) is 32.9 Å². The zero-order chi connectivity index (χ0) is 36.3. The highest BCUT2D eigenvalue weighted by Crippen LogP contribution is 2.47. The van der Waals surface area contributed by atoms with Crippen LogP contribution in [0.2, 0.25) is 0 Å². The third-order valence-corrected chi connectivity index (χ3v) is 11.0. The first-order valence-electron chi connectivity index (χ1n) is 18.8. The van der Waals surface area contributed by atoms with Gasteiger partial charge in [-0.15, -0.1) is 0 Å². The first-order valence-corrected chi connectivity index (χ1v) is 18.8. The predicted octanol–water partition coefficient (Wildman–Crippen LogP) is 14.6. The van der Waals surface area contributed by atoms with Crippen molar-refractivity contribution in [2.45, 2.75) is 0 Å². The van der Waals surface area contributed by atoms with Crippen LogP contribution in [0.4, 0.5) is 17.1 Å². The number of benzene rings is 9. The molecule has 0 spiro atoms. The summed E-state index contributed by atoms with van der Waals surface area (Å²) < 4.78 is 8.84. The molecular weight excluding hydrogens is 669 g/mol. The zero-order valence-corrected chi connectivity index (χ0v) is 29.9. The molecule has 0 saturated heterocycles. The molecule has 3 nitrogen and oxygen atoms in total. The van der Waals surface area contributed by atoms with Gasteiger partial charge in [-0.25, -0.2) is 0 Å². The molecule has 0 atom stereocenters. The summed E-state index contributed by atoms with van der Waals surface area (Å²) in [5.41, 5.74) is 13.3. The van der Waals surface area contributed by atoms with Gasteiger partial charge in [-0.3, -0.25) is 0 Å². The van der Waals surface area contributed by atoms with Crippen molar-refractivity contribution >= 4 is 71.6 Å². The summed E-state index contributed by atoms with van der Waals surface area (Å²) >= 11 is 0. The van der Waals surface area contributed by atoms with Crippen molar-refractivity contribution in [2.24, 2.45) is 0 Å². The van der Waals surface area contributed by atoms with Gasteiger partial charge in [-0.05, 0) is 88.3 Å². The molecule has 0 aliphatic heterocycles. The monoisotopic (exact) mass is 702 g/mol. The van der Waals surface area contributed by atoms with Crippen LogP contribution < -0.4 is 4.90 Å².